The number of hydrogen-bond acceptors (Lipinski definition) is 1. The molecule has 0 saturated heterocycles. The largest absolute Gasteiger partial charge is 0.296 e. The average molecular weight is 314 g/mol. The fourth-order valence-electron chi connectivity index (χ4n) is 4.63. The van der Waals surface area contributed by atoms with Crippen LogP contribution in [0.2, 0.25) is 0 Å². The van der Waals surface area contributed by atoms with Crippen molar-refractivity contribution in [2.75, 3.05) is 0 Å². The van der Waals surface area contributed by atoms with Crippen LogP contribution >= 0.6 is 0 Å². The van der Waals surface area contributed by atoms with Crippen molar-refractivity contribution < 1.29 is 0 Å². The number of aromatic nitrogens is 2. The Kier molecular flexibility index (Phi) is 3.12. The molecule has 1 fully saturated rings. The van der Waals surface area contributed by atoms with Crippen molar-refractivity contribution in [3.05, 3.63) is 59.9 Å². The summed E-state index contributed by atoms with van der Waals surface area (Å²) in [6, 6.07) is 17.5. The summed E-state index contributed by atoms with van der Waals surface area (Å²) < 4.78 is 2.46. The Balaban J connectivity index is 1.96. The molecule has 4 aromatic rings. The minimum absolute atomic E-state index is 0.651. The first-order valence-electron chi connectivity index (χ1n) is 9.13. The summed E-state index contributed by atoms with van der Waals surface area (Å²) in [7, 11) is 0. The van der Waals surface area contributed by atoms with Crippen LogP contribution in [0.4, 0.5) is 0 Å². The number of rotatable bonds is 1. The molecule has 1 aliphatic carbocycles. The zero-order valence-electron chi connectivity index (χ0n) is 14.1. The Hall–Kier alpha value is -2.35. The van der Waals surface area contributed by atoms with Gasteiger partial charge < -0.3 is 0 Å². The van der Waals surface area contributed by atoms with Gasteiger partial charge in [-0.2, -0.15) is 0 Å². The monoisotopic (exact) mass is 314 g/mol. The minimum Gasteiger partial charge on any atom is -0.296 e. The fourth-order valence-corrected chi connectivity index (χ4v) is 4.63. The molecule has 1 aliphatic rings. The highest BCUT2D eigenvalue weighted by molar-refractivity contribution is 6.11. The van der Waals surface area contributed by atoms with E-state index >= 15 is 0 Å². The van der Waals surface area contributed by atoms with E-state index in [4.69, 9.17) is 4.98 Å². The predicted molar refractivity (Wildman–Crippen MR) is 101 cm³/mol. The van der Waals surface area contributed by atoms with Crippen LogP contribution in [0.3, 0.4) is 0 Å². The van der Waals surface area contributed by atoms with Gasteiger partial charge in [0.05, 0.1) is 11.2 Å². The molecule has 5 rings (SSSR count). The molecule has 2 heteroatoms. The minimum atomic E-state index is 0.651. The van der Waals surface area contributed by atoms with E-state index in [1.54, 1.807) is 0 Å². The van der Waals surface area contributed by atoms with Gasteiger partial charge in [-0.05, 0) is 31.2 Å². The van der Waals surface area contributed by atoms with Gasteiger partial charge in [0.2, 0.25) is 0 Å². The molecule has 0 N–H and O–H groups in total. The van der Waals surface area contributed by atoms with Crippen LogP contribution in [0.1, 0.15) is 49.4 Å². The third kappa shape index (κ3) is 1.92. The number of fused-ring (bicyclic) bond motifs is 6. The SMILES string of the molecule is Cc1nc2c3ccccc3c3ccccc3n2c1C1CCCCC1. The van der Waals surface area contributed by atoms with Crippen LogP contribution in [0.15, 0.2) is 48.5 Å². The molecule has 2 aromatic carbocycles. The molecule has 0 unspecified atom stereocenters. The van der Waals surface area contributed by atoms with Gasteiger partial charge in [0.15, 0.2) is 0 Å². The molecular weight excluding hydrogens is 292 g/mol. The van der Waals surface area contributed by atoms with Crippen molar-refractivity contribution in [3.8, 4) is 0 Å². The van der Waals surface area contributed by atoms with Crippen molar-refractivity contribution in [3.63, 3.8) is 0 Å². The third-order valence-corrected chi connectivity index (χ3v) is 5.69. The Bertz CT molecular complexity index is 1050. The predicted octanol–water partition coefficient (Wildman–Crippen LogP) is 6.00. The maximum Gasteiger partial charge on any atom is 0.145 e. The summed E-state index contributed by atoms with van der Waals surface area (Å²) in [5.74, 6) is 0.651. The zero-order chi connectivity index (χ0) is 16.1. The Morgan fingerprint density at radius 3 is 2.29 bits per heavy atom. The number of benzene rings is 2. The van der Waals surface area contributed by atoms with Crippen molar-refractivity contribution in [2.24, 2.45) is 0 Å². The molecule has 0 spiro atoms. The molecule has 24 heavy (non-hydrogen) atoms. The standard InChI is InChI=1S/C22H22N2/c1-15-21(16-9-3-2-4-10-16)24-20-14-8-7-12-18(20)17-11-5-6-13-19(17)22(24)23-15/h5-8,11-14,16H,2-4,9-10H2,1H3. The second kappa shape index (κ2) is 5.34. The van der Waals surface area contributed by atoms with E-state index in [0.717, 1.165) is 5.65 Å². The van der Waals surface area contributed by atoms with Crippen LogP contribution in [0.5, 0.6) is 0 Å². The highest BCUT2D eigenvalue weighted by Gasteiger charge is 2.24. The number of nitrogens with zero attached hydrogens (tertiary/aromatic N) is 2. The second-order valence-corrected chi connectivity index (χ2v) is 7.14. The first-order valence-corrected chi connectivity index (χ1v) is 9.13. The van der Waals surface area contributed by atoms with E-state index in [9.17, 15) is 0 Å². The highest BCUT2D eigenvalue weighted by atomic mass is 15.0. The van der Waals surface area contributed by atoms with Gasteiger partial charge in [-0.1, -0.05) is 61.7 Å². The smallest absolute Gasteiger partial charge is 0.145 e. The lowest BCUT2D eigenvalue weighted by Gasteiger charge is -2.23. The number of para-hydroxylation sites is 1. The highest BCUT2D eigenvalue weighted by Crippen LogP contribution is 2.38. The topological polar surface area (TPSA) is 17.3 Å². The van der Waals surface area contributed by atoms with Gasteiger partial charge in [0.1, 0.15) is 5.65 Å². The van der Waals surface area contributed by atoms with Crippen molar-refractivity contribution >= 4 is 27.3 Å². The summed E-state index contributed by atoms with van der Waals surface area (Å²) >= 11 is 0. The maximum absolute atomic E-state index is 5.03. The van der Waals surface area contributed by atoms with Gasteiger partial charge in [-0.25, -0.2) is 4.98 Å². The molecule has 1 saturated carbocycles. The molecule has 2 aromatic heterocycles. The molecule has 0 radical (unpaired) electrons. The van der Waals surface area contributed by atoms with Crippen LogP contribution in [-0.4, -0.2) is 9.38 Å². The van der Waals surface area contributed by atoms with E-state index in [1.807, 2.05) is 0 Å². The number of aryl methyl sites for hydroxylation is 1. The van der Waals surface area contributed by atoms with Crippen LogP contribution < -0.4 is 0 Å². The third-order valence-electron chi connectivity index (χ3n) is 5.69. The Labute approximate surface area is 142 Å². The summed E-state index contributed by atoms with van der Waals surface area (Å²) in [6.07, 6.45) is 6.69. The molecule has 2 heterocycles. The second-order valence-electron chi connectivity index (χ2n) is 7.14. The molecule has 2 nitrogen and oxygen atoms in total. The molecule has 120 valence electrons. The summed E-state index contributed by atoms with van der Waals surface area (Å²) in [5, 5.41) is 3.90. The molecule has 0 aliphatic heterocycles. The quantitative estimate of drug-likeness (QED) is 0.394. The van der Waals surface area contributed by atoms with Gasteiger partial charge in [-0.15, -0.1) is 0 Å². The molecule has 0 amide bonds. The van der Waals surface area contributed by atoms with E-state index in [1.165, 1.54) is 65.2 Å². The number of pyridine rings is 1. The van der Waals surface area contributed by atoms with Crippen molar-refractivity contribution in [2.45, 2.75) is 44.9 Å². The van der Waals surface area contributed by atoms with Crippen molar-refractivity contribution in [1.82, 2.24) is 9.38 Å². The van der Waals surface area contributed by atoms with Crippen LogP contribution in [0, 0.1) is 6.92 Å². The van der Waals surface area contributed by atoms with E-state index in [2.05, 4.69) is 59.9 Å². The van der Waals surface area contributed by atoms with Gasteiger partial charge in [-0.3, -0.25) is 4.40 Å². The van der Waals surface area contributed by atoms with Crippen LogP contribution in [0.25, 0.3) is 27.3 Å². The number of imidazole rings is 1. The van der Waals surface area contributed by atoms with Crippen LogP contribution in [-0.2, 0) is 0 Å². The van der Waals surface area contributed by atoms with Crippen molar-refractivity contribution in [1.29, 1.82) is 0 Å². The average Bonchev–Trinajstić information content (AvgIpc) is 3.00. The molecule has 0 atom stereocenters. The van der Waals surface area contributed by atoms with E-state index in [0.29, 0.717) is 5.92 Å². The van der Waals surface area contributed by atoms with E-state index in [-0.39, 0.29) is 0 Å². The lowest BCUT2D eigenvalue weighted by molar-refractivity contribution is 0.434. The normalized spacial score (nSPS) is 16.4. The summed E-state index contributed by atoms with van der Waals surface area (Å²) in [4.78, 5) is 5.03. The number of hydrogen-bond donors (Lipinski definition) is 0. The Morgan fingerprint density at radius 1 is 0.833 bits per heavy atom. The fraction of sp³-hybridized carbons (Fsp3) is 0.318. The first-order chi connectivity index (χ1) is 11.8. The summed E-state index contributed by atoms with van der Waals surface area (Å²) in [5.41, 5.74) is 5.09. The van der Waals surface area contributed by atoms with E-state index < -0.39 is 0 Å². The van der Waals surface area contributed by atoms with Gasteiger partial charge in [0.25, 0.3) is 0 Å². The summed E-state index contributed by atoms with van der Waals surface area (Å²) in [6.45, 7) is 2.19. The molecular formula is C22H22N2. The zero-order valence-corrected chi connectivity index (χ0v) is 14.1. The van der Waals surface area contributed by atoms with Gasteiger partial charge >= 0.3 is 0 Å². The first kappa shape index (κ1) is 14.0. The Morgan fingerprint density at radius 2 is 1.50 bits per heavy atom. The lowest BCUT2D eigenvalue weighted by atomic mass is 9.86. The molecule has 0 bridgehead atoms. The lowest BCUT2D eigenvalue weighted by Crippen LogP contribution is -2.09. The van der Waals surface area contributed by atoms with Gasteiger partial charge in [0, 0.05) is 22.4 Å². The maximum atomic E-state index is 5.03.